The van der Waals surface area contributed by atoms with Crippen LogP contribution in [0.3, 0.4) is 0 Å². The molecule has 0 atom stereocenters. The van der Waals surface area contributed by atoms with Crippen molar-refractivity contribution in [3.8, 4) is 23.6 Å². The normalized spacial score (nSPS) is 10.8. The first-order valence-electron chi connectivity index (χ1n) is 9.39. The molecule has 0 aliphatic carbocycles. The summed E-state index contributed by atoms with van der Waals surface area (Å²) < 4.78 is 12.3. The summed E-state index contributed by atoms with van der Waals surface area (Å²) in [6.45, 7) is 6.10. The average Bonchev–Trinajstić information content (AvgIpc) is 2.71. The second-order valence-electron chi connectivity index (χ2n) is 6.62. The minimum atomic E-state index is -0.435. The minimum Gasteiger partial charge on any atom is -0.490 e. The topological polar surface area (TPSA) is 95.1 Å². The van der Waals surface area contributed by atoms with Gasteiger partial charge in [-0.25, -0.2) is 0 Å². The van der Waals surface area contributed by atoms with Crippen molar-refractivity contribution in [3.05, 3.63) is 63.1 Å². The van der Waals surface area contributed by atoms with Gasteiger partial charge in [-0.2, -0.15) is 10.5 Å². The van der Waals surface area contributed by atoms with E-state index in [-0.39, 0.29) is 18.2 Å². The van der Waals surface area contributed by atoms with Crippen LogP contribution in [0.25, 0.3) is 6.08 Å². The Bertz CT molecular complexity index is 1030. The summed E-state index contributed by atoms with van der Waals surface area (Å²) in [5.41, 5.74) is 1.91. The van der Waals surface area contributed by atoms with Crippen molar-refractivity contribution in [1.29, 1.82) is 10.5 Å². The smallest absolute Gasteiger partial charge is 0.262 e. The summed E-state index contributed by atoms with van der Waals surface area (Å²) in [7, 11) is 0. The lowest BCUT2D eigenvalue weighted by molar-refractivity contribution is -0.117. The van der Waals surface area contributed by atoms with Gasteiger partial charge in [0.25, 0.3) is 5.91 Å². The van der Waals surface area contributed by atoms with Gasteiger partial charge in [0.05, 0.1) is 22.7 Å². The van der Waals surface area contributed by atoms with Crippen LogP contribution in [-0.4, -0.2) is 18.6 Å². The summed E-state index contributed by atoms with van der Waals surface area (Å²) in [5, 5.41) is 21.3. The first kappa shape index (κ1) is 23.0. The van der Waals surface area contributed by atoms with Crippen molar-refractivity contribution in [2.75, 3.05) is 6.61 Å². The fourth-order valence-corrected chi connectivity index (χ4v) is 3.21. The Hall–Kier alpha value is -3.29. The molecule has 0 saturated heterocycles. The lowest BCUT2D eigenvalue weighted by Gasteiger charge is -2.15. The molecule has 0 aliphatic heterocycles. The molecule has 30 heavy (non-hydrogen) atoms. The molecule has 154 valence electrons. The highest BCUT2D eigenvalue weighted by atomic mass is 79.9. The van der Waals surface area contributed by atoms with Gasteiger partial charge >= 0.3 is 0 Å². The Balaban J connectivity index is 2.35. The van der Waals surface area contributed by atoms with E-state index in [1.165, 1.54) is 6.08 Å². The molecule has 7 heteroatoms. The number of halogens is 1. The molecule has 0 spiro atoms. The van der Waals surface area contributed by atoms with Gasteiger partial charge < -0.3 is 14.8 Å². The van der Waals surface area contributed by atoms with Gasteiger partial charge in [0.15, 0.2) is 11.5 Å². The number of nitrogens with one attached hydrogen (secondary N) is 1. The van der Waals surface area contributed by atoms with E-state index < -0.39 is 5.91 Å². The van der Waals surface area contributed by atoms with E-state index in [0.717, 1.165) is 5.56 Å². The number of carbonyl (C=O) groups is 1. The Morgan fingerprint density at radius 3 is 2.60 bits per heavy atom. The van der Waals surface area contributed by atoms with Crippen LogP contribution in [0.2, 0.25) is 0 Å². The molecule has 6 nitrogen and oxygen atoms in total. The maximum atomic E-state index is 12.2. The van der Waals surface area contributed by atoms with Crippen molar-refractivity contribution < 1.29 is 14.3 Å². The van der Waals surface area contributed by atoms with Crippen molar-refractivity contribution in [1.82, 2.24) is 5.32 Å². The third-order valence-electron chi connectivity index (χ3n) is 3.94. The molecule has 0 fully saturated rings. The average molecular weight is 468 g/mol. The Labute approximate surface area is 184 Å². The lowest BCUT2D eigenvalue weighted by Crippen LogP contribution is -2.30. The lowest BCUT2D eigenvalue weighted by atomic mass is 10.1. The van der Waals surface area contributed by atoms with Crippen LogP contribution < -0.4 is 14.8 Å². The summed E-state index contributed by atoms with van der Waals surface area (Å²) in [6.07, 6.45) is 1.50. The SMILES string of the molecule is CCOc1cc(/C=C(/C#N)C(=O)NC(C)C)cc(Br)c1OCc1ccccc1C#N. The highest BCUT2D eigenvalue weighted by Crippen LogP contribution is 2.38. The Morgan fingerprint density at radius 2 is 1.97 bits per heavy atom. The van der Waals surface area contributed by atoms with E-state index in [0.29, 0.717) is 33.7 Å². The zero-order chi connectivity index (χ0) is 22.1. The molecule has 0 heterocycles. The number of benzene rings is 2. The van der Waals surface area contributed by atoms with Gasteiger partial charge in [0.1, 0.15) is 18.2 Å². The largest absolute Gasteiger partial charge is 0.490 e. The Morgan fingerprint density at radius 1 is 1.23 bits per heavy atom. The molecule has 1 N–H and O–H groups in total. The molecule has 1 amide bonds. The molecule has 0 radical (unpaired) electrons. The number of nitriles is 2. The molecule has 0 bridgehead atoms. The summed E-state index contributed by atoms with van der Waals surface area (Å²) in [4.78, 5) is 12.2. The fourth-order valence-electron chi connectivity index (χ4n) is 2.63. The number of carbonyl (C=O) groups excluding carboxylic acids is 1. The van der Waals surface area contributed by atoms with E-state index >= 15 is 0 Å². The highest BCUT2D eigenvalue weighted by Gasteiger charge is 2.15. The number of hydrogen-bond donors (Lipinski definition) is 1. The monoisotopic (exact) mass is 467 g/mol. The summed E-state index contributed by atoms with van der Waals surface area (Å²) >= 11 is 3.48. The van der Waals surface area contributed by atoms with Crippen LogP contribution in [0, 0.1) is 22.7 Å². The van der Waals surface area contributed by atoms with E-state index in [2.05, 4.69) is 27.3 Å². The quantitative estimate of drug-likeness (QED) is 0.447. The van der Waals surface area contributed by atoms with Gasteiger partial charge in [-0.15, -0.1) is 0 Å². The molecule has 0 aromatic heterocycles. The van der Waals surface area contributed by atoms with Gasteiger partial charge in [-0.1, -0.05) is 18.2 Å². The van der Waals surface area contributed by atoms with Gasteiger partial charge in [-0.3, -0.25) is 4.79 Å². The molecule has 0 unspecified atom stereocenters. The molecule has 0 saturated carbocycles. The van der Waals surface area contributed by atoms with Crippen LogP contribution in [0.5, 0.6) is 11.5 Å². The van der Waals surface area contributed by atoms with Crippen LogP contribution in [-0.2, 0) is 11.4 Å². The second kappa shape index (κ2) is 11.0. The van der Waals surface area contributed by atoms with Crippen molar-refractivity contribution in [3.63, 3.8) is 0 Å². The van der Waals surface area contributed by atoms with E-state index in [1.54, 1.807) is 24.3 Å². The van der Waals surface area contributed by atoms with Crippen LogP contribution >= 0.6 is 15.9 Å². The molecular formula is C23H22BrN3O3. The molecule has 2 aromatic carbocycles. The van der Waals surface area contributed by atoms with Crippen molar-refractivity contribution >= 4 is 27.9 Å². The first-order chi connectivity index (χ1) is 14.4. The van der Waals surface area contributed by atoms with Crippen molar-refractivity contribution in [2.45, 2.75) is 33.4 Å². The second-order valence-corrected chi connectivity index (χ2v) is 7.47. The summed E-state index contributed by atoms with van der Waals surface area (Å²) in [5.74, 6) is 0.510. The summed E-state index contributed by atoms with van der Waals surface area (Å²) in [6, 6.07) is 14.7. The van der Waals surface area contributed by atoms with E-state index in [4.69, 9.17) is 9.47 Å². The van der Waals surface area contributed by atoms with Crippen LogP contribution in [0.15, 0.2) is 46.4 Å². The predicted octanol–water partition coefficient (Wildman–Crippen LogP) is 4.73. The van der Waals surface area contributed by atoms with Gasteiger partial charge in [0.2, 0.25) is 0 Å². The predicted molar refractivity (Wildman–Crippen MR) is 118 cm³/mol. The standard InChI is InChI=1S/C23H22BrN3O3/c1-4-29-21-11-16(9-19(13-26)23(28)27-15(2)3)10-20(24)22(21)30-14-18-8-6-5-7-17(18)12-25/h5-11,15H,4,14H2,1-3H3,(H,27,28)/b19-9-. The number of rotatable bonds is 8. The van der Waals surface area contributed by atoms with Gasteiger partial charge in [-0.05, 0) is 66.5 Å². The van der Waals surface area contributed by atoms with E-state index in [9.17, 15) is 15.3 Å². The minimum absolute atomic E-state index is 0.00494. The Kier molecular flexibility index (Phi) is 8.46. The number of ether oxygens (including phenoxy) is 2. The van der Waals surface area contributed by atoms with Crippen LogP contribution in [0.4, 0.5) is 0 Å². The van der Waals surface area contributed by atoms with Gasteiger partial charge in [0, 0.05) is 11.6 Å². The first-order valence-corrected chi connectivity index (χ1v) is 10.2. The van der Waals surface area contributed by atoms with Crippen molar-refractivity contribution in [2.24, 2.45) is 0 Å². The van der Waals surface area contributed by atoms with E-state index in [1.807, 2.05) is 39.0 Å². The number of hydrogen-bond acceptors (Lipinski definition) is 5. The fraction of sp³-hybridized carbons (Fsp3) is 0.261. The third kappa shape index (κ3) is 6.10. The maximum Gasteiger partial charge on any atom is 0.262 e. The molecule has 2 aromatic rings. The zero-order valence-electron chi connectivity index (χ0n) is 17.0. The highest BCUT2D eigenvalue weighted by molar-refractivity contribution is 9.10. The zero-order valence-corrected chi connectivity index (χ0v) is 18.6. The van der Waals surface area contributed by atoms with Crippen LogP contribution in [0.1, 0.15) is 37.5 Å². The molecular weight excluding hydrogens is 446 g/mol. The third-order valence-corrected chi connectivity index (χ3v) is 4.53. The number of nitrogens with zero attached hydrogens (tertiary/aromatic N) is 2. The molecule has 0 aliphatic rings. The molecule has 2 rings (SSSR count). The number of amides is 1. The maximum absolute atomic E-state index is 12.2.